The van der Waals surface area contributed by atoms with Crippen molar-refractivity contribution in [2.45, 2.75) is 0 Å². The standard InChI is InChI=1S/C19H11Cl2NO3/c1-22-9-11(10-5-2-3-8-14(10)22)15-17(19(24)25-18(15)23)16-12(20)6-4-7-13(16)21/h2-9H,1H3. The number of cyclic esters (lactones) is 2. The lowest BCUT2D eigenvalue weighted by molar-refractivity contribution is -0.149. The molecule has 4 nitrogen and oxygen atoms in total. The second kappa shape index (κ2) is 5.76. The van der Waals surface area contributed by atoms with Crippen LogP contribution in [0.3, 0.4) is 0 Å². The monoisotopic (exact) mass is 371 g/mol. The van der Waals surface area contributed by atoms with Crippen LogP contribution in [0.4, 0.5) is 0 Å². The van der Waals surface area contributed by atoms with E-state index in [-0.39, 0.29) is 21.2 Å². The number of halogens is 2. The molecule has 0 unspecified atom stereocenters. The number of ether oxygens (including phenoxy) is 1. The van der Waals surface area contributed by atoms with Gasteiger partial charge in [-0.25, -0.2) is 9.59 Å². The summed E-state index contributed by atoms with van der Waals surface area (Å²) < 4.78 is 6.77. The summed E-state index contributed by atoms with van der Waals surface area (Å²) in [7, 11) is 1.87. The van der Waals surface area contributed by atoms with Gasteiger partial charge >= 0.3 is 11.9 Å². The maximum Gasteiger partial charge on any atom is 0.347 e. The fourth-order valence-corrected chi connectivity index (χ4v) is 3.73. The van der Waals surface area contributed by atoms with Gasteiger partial charge in [0.25, 0.3) is 0 Å². The number of carbonyl (C=O) groups excluding carboxylic acids is 2. The summed E-state index contributed by atoms with van der Waals surface area (Å²) in [6, 6.07) is 12.5. The summed E-state index contributed by atoms with van der Waals surface area (Å²) in [4.78, 5) is 24.8. The molecule has 1 aliphatic heterocycles. The molecule has 0 N–H and O–H groups in total. The lowest BCUT2D eigenvalue weighted by atomic mass is 9.96. The van der Waals surface area contributed by atoms with E-state index >= 15 is 0 Å². The molecule has 4 rings (SSSR count). The van der Waals surface area contributed by atoms with Gasteiger partial charge in [-0.3, -0.25) is 0 Å². The van der Waals surface area contributed by atoms with Crippen LogP contribution >= 0.6 is 23.2 Å². The second-order valence-corrected chi connectivity index (χ2v) is 6.51. The fourth-order valence-electron chi connectivity index (χ4n) is 3.14. The number of carbonyl (C=O) groups is 2. The molecule has 1 aliphatic rings. The molecule has 0 spiro atoms. The number of rotatable bonds is 2. The van der Waals surface area contributed by atoms with Gasteiger partial charge in [0.1, 0.15) is 0 Å². The third-order valence-corrected chi connectivity index (χ3v) is 4.85. The van der Waals surface area contributed by atoms with Gasteiger partial charge in [-0.1, -0.05) is 47.5 Å². The largest absolute Gasteiger partial charge is 0.386 e. The maximum absolute atomic E-state index is 12.4. The highest BCUT2D eigenvalue weighted by Gasteiger charge is 2.38. The van der Waals surface area contributed by atoms with Crippen LogP contribution < -0.4 is 0 Å². The van der Waals surface area contributed by atoms with Crippen molar-refractivity contribution in [3.05, 3.63) is 69.8 Å². The van der Waals surface area contributed by atoms with E-state index in [1.54, 1.807) is 24.4 Å². The Balaban J connectivity index is 2.10. The first kappa shape index (κ1) is 15.9. The molecule has 0 radical (unpaired) electrons. The van der Waals surface area contributed by atoms with Gasteiger partial charge in [0.15, 0.2) is 0 Å². The normalized spacial score (nSPS) is 14.5. The number of hydrogen-bond acceptors (Lipinski definition) is 3. The Morgan fingerprint density at radius 3 is 2.24 bits per heavy atom. The van der Waals surface area contributed by atoms with Gasteiger partial charge in [-0.15, -0.1) is 0 Å². The van der Waals surface area contributed by atoms with E-state index in [9.17, 15) is 9.59 Å². The molecule has 0 amide bonds. The lowest BCUT2D eigenvalue weighted by Gasteiger charge is -2.07. The third-order valence-electron chi connectivity index (χ3n) is 4.22. The zero-order chi connectivity index (χ0) is 17.7. The molecule has 2 heterocycles. The number of para-hydroxylation sites is 1. The molecule has 124 valence electrons. The quantitative estimate of drug-likeness (QED) is 0.492. The van der Waals surface area contributed by atoms with Crippen molar-refractivity contribution >= 4 is 57.2 Å². The van der Waals surface area contributed by atoms with Crippen LogP contribution in [0.2, 0.25) is 10.0 Å². The van der Waals surface area contributed by atoms with Crippen molar-refractivity contribution in [2.75, 3.05) is 0 Å². The molecule has 0 fully saturated rings. The molecule has 0 aliphatic carbocycles. The minimum Gasteiger partial charge on any atom is -0.386 e. The summed E-state index contributed by atoms with van der Waals surface area (Å²) in [5.74, 6) is -1.45. The molecule has 0 saturated carbocycles. The maximum atomic E-state index is 12.4. The number of fused-ring (bicyclic) bond motifs is 1. The summed E-state index contributed by atoms with van der Waals surface area (Å²) in [6.45, 7) is 0. The first-order valence-corrected chi connectivity index (χ1v) is 8.24. The van der Waals surface area contributed by atoms with Crippen molar-refractivity contribution in [1.29, 1.82) is 0 Å². The molecule has 2 aromatic carbocycles. The lowest BCUT2D eigenvalue weighted by Crippen LogP contribution is -2.02. The van der Waals surface area contributed by atoms with Crippen LogP contribution in [0, 0.1) is 0 Å². The minimum atomic E-state index is -0.747. The van der Waals surface area contributed by atoms with E-state index in [1.807, 2.05) is 35.9 Å². The van der Waals surface area contributed by atoms with E-state index < -0.39 is 11.9 Å². The number of nitrogens with zero attached hydrogens (tertiary/aromatic N) is 1. The van der Waals surface area contributed by atoms with Crippen molar-refractivity contribution in [1.82, 2.24) is 4.57 Å². The van der Waals surface area contributed by atoms with Gasteiger partial charge in [0.05, 0.1) is 21.2 Å². The van der Waals surface area contributed by atoms with Crippen molar-refractivity contribution in [2.24, 2.45) is 7.05 Å². The number of aromatic nitrogens is 1. The van der Waals surface area contributed by atoms with E-state index in [1.165, 1.54) is 0 Å². The van der Waals surface area contributed by atoms with E-state index in [0.717, 1.165) is 10.9 Å². The molecule has 1 aromatic heterocycles. The summed E-state index contributed by atoms with van der Waals surface area (Å²) >= 11 is 12.5. The molecule has 0 atom stereocenters. The minimum absolute atomic E-state index is 0.0944. The average Bonchev–Trinajstić information content (AvgIpc) is 3.05. The van der Waals surface area contributed by atoms with E-state index in [2.05, 4.69) is 0 Å². The Bertz CT molecular complexity index is 1070. The zero-order valence-corrected chi connectivity index (χ0v) is 14.6. The molecular formula is C19H11Cl2NO3. The molecule has 0 bridgehead atoms. The van der Waals surface area contributed by atoms with Crippen LogP contribution in [0.1, 0.15) is 11.1 Å². The Morgan fingerprint density at radius 2 is 1.52 bits per heavy atom. The number of aryl methyl sites for hydroxylation is 1. The van der Waals surface area contributed by atoms with E-state index in [0.29, 0.717) is 11.1 Å². The highest BCUT2D eigenvalue weighted by Crippen LogP contribution is 2.42. The average molecular weight is 372 g/mol. The van der Waals surface area contributed by atoms with Crippen molar-refractivity contribution in [3.63, 3.8) is 0 Å². The third kappa shape index (κ3) is 2.37. The summed E-state index contributed by atoms with van der Waals surface area (Å²) in [6.07, 6.45) is 1.80. The van der Waals surface area contributed by atoms with Crippen LogP contribution in [-0.4, -0.2) is 16.5 Å². The first-order valence-electron chi connectivity index (χ1n) is 7.48. The molecule has 3 aromatic rings. The SMILES string of the molecule is Cn1cc(C2=C(c3c(Cl)cccc3Cl)C(=O)OC2=O)c2ccccc21. The Hall–Kier alpha value is -2.56. The molecule has 25 heavy (non-hydrogen) atoms. The van der Waals surface area contributed by atoms with Gasteiger partial charge in [0, 0.05) is 35.3 Å². The fraction of sp³-hybridized carbons (Fsp3) is 0.0526. The number of benzene rings is 2. The second-order valence-electron chi connectivity index (χ2n) is 5.69. The molecule has 0 saturated heterocycles. The van der Waals surface area contributed by atoms with Crippen LogP contribution in [0.25, 0.3) is 22.0 Å². The Labute approximate surface area is 153 Å². The predicted molar refractivity (Wildman–Crippen MR) is 97.3 cm³/mol. The summed E-state index contributed by atoms with van der Waals surface area (Å²) in [5.41, 5.74) is 2.13. The zero-order valence-electron chi connectivity index (χ0n) is 13.0. The highest BCUT2D eigenvalue weighted by atomic mass is 35.5. The Kier molecular flexibility index (Phi) is 3.67. The van der Waals surface area contributed by atoms with Gasteiger partial charge in [-0.2, -0.15) is 0 Å². The number of hydrogen-bond donors (Lipinski definition) is 0. The topological polar surface area (TPSA) is 48.3 Å². The predicted octanol–water partition coefficient (Wildman–Crippen LogP) is 4.48. The highest BCUT2D eigenvalue weighted by molar-refractivity contribution is 6.50. The van der Waals surface area contributed by atoms with Crippen LogP contribution in [0.5, 0.6) is 0 Å². The van der Waals surface area contributed by atoms with Gasteiger partial charge in [0.2, 0.25) is 0 Å². The van der Waals surface area contributed by atoms with Crippen LogP contribution in [0.15, 0.2) is 48.7 Å². The summed E-state index contributed by atoms with van der Waals surface area (Å²) in [5, 5.41) is 1.41. The van der Waals surface area contributed by atoms with Crippen LogP contribution in [-0.2, 0) is 21.4 Å². The van der Waals surface area contributed by atoms with Gasteiger partial charge in [-0.05, 0) is 18.2 Å². The van der Waals surface area contributed by atoms with E-state index in [4.69, 9.17) is 27.9 Å². The Morgan fingerprint density at radius 1 is 0.880 bits per heavy atom. The van der Waals surface area contributed by atoms with Crippen molar-refractivity contribution in [3.8, 4) is 0 Å². The first-order chi connectivity index (χ1) is 12.0. The molecular weight excluding hydrogens is 361 g/mol. The smallest absolute Gasteiger partial charge is 0.347 e. The number of esters is 2. The van der Waals surface area contributed by atoms with Crippen molar-refractivity contribution < 1.29 is 14.3 Å². The van der Waals surface area contributed by atoms with Gasteiger partial charge < -0.3 is 9.30 Å². The molecule has 6 heteroatoms.